The first kappa shape index (κ1) is 10.4. The van der Waals surface area contributed by atoms with Crippen LogP contribution in [0.1, 0.15) is 5.56 Å². The van der Waals surface area contributed by atoms with Crippen LogP contribution in [-0.4, -0.2) is 16.2 Å². The lowest BCUT2D eigenvalue weighted by Gasteiger charge is -2.11. The van der Waals surface area contributed by atoms with Crippen LogP contribution < -0.4 is 0 Å². The molecule has 6 heteroatoms. The molecule has 0 saturated heterocycles. The maximum absolute atomic E-state index is 12.7. The smallest absolute Gasteiger partial charge is 0.379 e. The molecule has 1 aromatic rings. The van der Waals surface area contributed by atoms with Crippen LogP contribution in [0.3, 0.4) is 0 Å². The van der Waals surface area contributed by atoms with Gasteiger partial charge in [0, 0.05) is 5.56 Å². The van der Waals surface area contributed by atoms with Crippen LogP contribution in [0.5, 0.6) is 5.75 Å². The zero-order chi connectivity index (χ0) is 10.9. The monoisotopic (exact) mass is 206 g/mol. The normalized spacial score (nSPS) is 11.4. The summed E-state index contributed by atoms with van der Waals surface area (Å²) in [5.74, 6) is -8.63. The van der Waals surface area contributed by atoms with E-state index < -0.39 is 29.0 Å². The Balaban J connectivity index is 3.21. The lowest BCUT2D eigenvalue weighted by Crippen LogP contribution is -2.25. The Bertz CT molecular complexity index is 376. The maximum Gasteiger partial charge on any atom is 0.379 e. The van der Waals surface area contributed by atoms with Crippen molar-refractivity contribution in [2.24, 2.45) is 0 Å². The van der Waals surface area contributed by atoms with Gasteiger partial charge in [-0.05, 0) is 18.2 Å². The minimum Gasteiger partial charge on any atom is -0.505 e. The van der Waals surface area contributed by atoms with Gasteiger partial charge in [0.05, 0.1) is 0 Å². The number of carbonyl (C=O) groups is 1. The predicted molar refractivity (Wildman–Crippen MR) is 39.6 cm³/mol. The molecule has 0 saturated carbocycles. The molecule has 0 atom stereocenters. The Morgan fingerprint density at radius 2 is 1.93 bits per heavy atom. The SMILES string of the molecule is O=C(O)C(F)(F)c1ccc(O)c(F)c1. The number of aliphatic carboxylic acids is 1. The molecule has 0 bridgehead atoms. The van der Waals surface area contributed by atoms with Crippen molar-refractivity contribution in [3.8, 4) is 5.75 Å². The van der Waals surface area contributed by atoms with E-state index in [0.29, 0.717) is 12.1 Å². The van der Waals surface area contributed by atoms with Gasteiger partial charge in [0.2, 0.25) is 0 Å². The summed E-state index contributed by atoms with van der Waals surface area (Å²) in [6.07, 6.45) is 0. The van der Waals surface area contributed by atoms with Crippen LogP contribution in [0.15, 0.2) is 18.2 Å². The summed E-state index contributed by atoms with van der Waals surface area (Å²) in [7, 11) is 0. The van der Waals surface area contributed by atoms with Crippen molar-refractivity contribution in [1.29, 1.82) is 0 Å². The van der Waals surface area contributed by atoms with Gasteiger partial charge in [-0.3, -0.25) is 0 Å². The molecule has 76 valence electrons. The number of rotatable bonds is 2. The second kappa shape index (κ2) is 3.21. The average Bonchev–Trinajstić information content (AvgIpc) is 2.09. The summed E-state index contributed by atoms with van der Waals surface area (Å²) in [4.78, 5) is 10.1. The molecule has 1 aromatic carbocycles. The van der Waals surface area contributed by atoms with Crippen LogP contribution in [0, 0.1) is 5.82 Å². The molecule has 0 heterocycles. The lowest BCUT2D eigenvalue weighted by molar-refractivity contribution is -0.166. The fraction of sp³-hybridized carbons (Fsp3) is 0.125. The predicted octanol–water partition coefficient (Wildman–Crippen LogP) is 1.71. The number of hydrogen-bond acceptors (Lipinski definition) is 2. The first-order valence-corrected chi connectivity index (χ1v) is 3.46. The molecule has 14 heavy (non-hydrogen) atoms. The number of benzene rings is 1. The number of alkyl halides is 2. The van der Waals surface area contributed by atoms with E-state index in [1.165, 1.54) is 0 Å². The number of aromatic hydroxyl groups is 1. The van der Waals surface area contributed by atoms with Gasteiger partial charge in [0.1, 0.15) is 0 Å². The first-order chi connectivity index (χ1) is 6.35. The van der Waals surface area contributed by atoms with Crippen LogP contribution in [-0.2, 0) is 10.7 Å². The molecule has 0 aromatic heterocycles. The van der Waals surface area contributed by atoms with Crippen molar-refractivity contribution >= 4 is 5.97 Å². The zero-order valence-corrected chi connectivity index (χ0v) is 6.67. The Hall–Kier alpha value is -1.72. The number of phenolic OH excluding ortho intramolecular Hbond substituents is 1. The molecule has 0 aliphatic heterocycles. The van der Waals surface area contributed by atoms with Gasteiger partial charge in [-0.2, -0.15) is 8.78 Å². The van der Waals surface area contributed by atoms with E-state index in [-0.39, 0.29) is 6.07 Å². The van der Waals surface area contributed by atoms with E-state index in [1.54, 1.807) is 0 Å². The second-order valence-corrected chi connectivity index (χ2v) is 2.55. The summed E-state index contributed by atoms with van der Waals surface area (Å²) in [6, 6.07) is 1.59. The fourth-order valence-electron chi connectivity index (χ4n) is 0.826. The van der Waals surface area contributed by atoms with Gasteiger partial charge < -0.3 is 10.2 Å². The fourth-order valence-corrected chi connectivity index (χ4v) is 0.826. The van der Waals surface area contributed by atoms with Gasteiger partial charge in [-0.15, -0.1) is 0 Å². The third-order valence-corrected chi connectivity index (χ3v) is 1.58. The lowest BCUT2D eigenvalue weighted by atomic mass is 10.1. The minimum atomic E-state index is -4.16. The Morgan fingerprint density at radius 1 is 1.36 bits per heavy atom. The van der Waals surface area contributed by atoms with Crippen LogP contribution in [0.2, 0.25) is 0 Å². The van der Waals surface area contributed by atoms with E-state index in [2.05, 4.69) is 0 Å². The summed E-state index contributed by atoms with van der Waals surface area (Å²) in [5.41, 5.74) is -1.01. The van der Waals surface area contributed by atoms with Gasteiger partial charge >= 0.3 is 11.9 Å². The molecule has 0 amide bonds. The molecule has 2 N–H and O–H groups in total. The molecule has 0 spiro atoms. The molecule has 1 rings (SSSR count). The van der Waals surface area contributed by atoms with Crippen molar-refractivity contribution in [3.63, 3.8) is 0 Å². The number of phenols is 1. The highest BCUT2D eigenvalue weighted by atomic mass is 19.3. The quantitative estimate of drug-likeness (QED) is 0.774. The van der Waals surface area contributed by atoms with E-state index in [0.717, 1.165) is 0 Å². The first-order valence-electron chi connectivity index (χ1n) is 3.46. The summed E-state index contributed by atoms with van der Waals surface area (Å²) < 4.78 is 38.1. The van der Waals surface area contributed by atoms with Crippen molar-refractivity contribution < 1.29 is 28.2 Å². The topological polar surface area (TPSA) is 57.5 Å². The largest absolute Gasteiger partial charge is 0.505 e. The van der Waals surface area contributed by atoms with E-state index in [1.807, 2.05) is 0 Å². The number of carboxylic acids is 1. The van der Waals surface area contributed by atoms with Crippen LogP contribution in [0.4, 0.5) is 13.2 Å². The molecule has 0 aliphatic rings. The van der Waals surface area contributed by atoms with E-state index >= 15 is 0 Å². The van der Waals surface area contributed by atoms with Gasteiger partial charge in [0.15, 0.2) is 11.6 Å². The molecule has 0 aliphatic carbocycles. The standard InChI is InChI=1S/C8H5F3O3/c9-5-3-4(1-2-6(5)12)8(10,11)7(13)14/h1-3,12H,(H,13,14). The molecule has 0 unspecified atom stereocenters. The van der Waals surface area contributed by atoms with Crippen molar-refractivity contribution in [2.45, 2.75) is 5.92 Å². The highest BCUT2D eigenvalue weighted by Crippen LogP contribution is 2.30. The van der Waals surface area contributed by atoms with Crippen molar-refractivity contribution in [1.82, 2.24) is 0 Å². The number of carboxylic acid groups (broad SMARTS) is 1. The number of hydrogen-bond donors (Lipinski definition) is 2. The zero-order valence-electron chi connectivity index (χ0n) is 6.67. The maximum atomic E-state index is 12.7. The molecule has 3 nitrogen and oxygen atoms in total. The number of halogens is 3. The Labute approximate surface area is 76.4 Å². The highest BCUT2D eigenvalue weighted by molar-refractivity contribution is 5.77. The van der Waals surface area contributed by atoms with E-state index in [9.17, 15) is 18.0 Å². The molecule has 0 radical (unpaired) electrons. The molecule has 0 fully saturated rings. The Morgan fingerprint density at radius 3 is 2.36 bits per heavy atom. The van der Waals surface area contributed by atoms with Gasteiger partial charge in [-0.25, -0.2) is 9.18 Å². The van der Waals surface area contributed by atoms with Gasteiger partial charge in [0.25, 0.3) is 0 Å². The molecular weight excluding hydrogens is 201 g/mol. The third-order valence-electron chi connectivity index (χ3n) is 1.58. The van der Waals surface area contributed by atoms with E-state index in [4.69, 9.17) is 10.2 Å². The Kier molecular flexibility index (Phi) is 2.37. The molecular formula is C8H5F3O3. The average molecular weight is 206 g/mol. The summed E-state index contributed by atoms with van der Waals surface area (Å²) in [6.45, 7) is 0. The second-order valence-electron chi connectivity index (χ2n) is 2.55. The van der Waals surface area contributed by atoms with Gasteiger partial charge in [-0.1, -0.05) is 0 Å². The van der Waals surface area contributed by atoms with Crippen LogP contribution >= 0.6 is 0 Å². The summed E-state index contributed by atoms with van der Waals surface area (Å²) in [5, 5.41) is 16.8. The highest BCUT2D eigenvalue weighted by Gasteiger charge is 2.41. The van der Waals surface area contributed by atoms with Crippen LogP contribution in [0.25, 0.3) is 0 Å². The third kappa shape index (κ3) is 1.63. The minimum absolute atomic E-state index is 0.281. The van der Waals surface area contributed by atoms with Crippen molar-refractivity contribution in [3.05, 3.63) is 29.6 Å². The summed E-state index contributed by atoms with van der Waals surface area (Å²) >= 11 is 0. The van der Waals surface area contributed by atoms with Crippen molar-refractivity contribution in [2.75, 3.05) is 0 Å².